The number of nitrogens with one attached hydrogen (secondary N) is 1. The molecule has 4 rings (SSSR count). The Balaban J connectivity index is 0.00000109. The van der Waals surface area contributed by atoms with E-state index in [-0.39, 0.29) is 10.8 Å². The predicted molar refractivity (Wildman–Crippen MR) is 124 cm³/mol. The summed E-state index contributed by atoms with van der Waals surface area (Å²) in [6.07, 6.45) is 6.28. The number of hydrogen-bond acceptors (Lipinski definition) is 1. The quantitative estimate of drug-likeness (QED) is 0.569. The molecule has 0 spiro atoms. The standard InChI is InChI=1S/C25H27N.C2H6/c1-7-11-18-20(8-2)26-21-15-14-19-22(23(21)25(18,5)6)16-12-9-10-13-17(16)24(19,3)4;1-2/h7-15,26H,2H2,1,3-6H3;1-2H3/b11-7-;. The van der Waals surface area contributed by atoms with E-state index in [9.17, 15) is 0 Å². The fraction of sp³-hybridized carbons (Fsp3) is 0.333. The van der Waals surface area contributed by atoms with E-state index in [2.05, 4.69) is 95.1 Å². The molecule has 0 unspecified atom stereocenters. The van der Waals surface area contributed by atoms with Crippen LogP contribution in [0.1, 0.15) is 65.2 Å². The molecule has 1 nitrogen and oxygen atoms in total. The highest BCUT2D eigenvalue weighted by atomic mass is 14.9. The Morgan fingerprint density at radius 3 is 2.21 bits per heavy atom. The van der Waals surface area contributed by atoms with E-state index < -0.39 is 0 Å². The van der Waals surface area contributed by atoms with Crippen molar-refractivity contribution in [2.24, 2.45) is 0 Å². The molecule has 0 amide bonds. The predicted octanol–water partition coefficient (Wildman–Crippen LogP) is 7.74. The molecule has 1 N–H and O–H groups in total. The summed E-state index contributed by atoms with van der Waals surface area (Å²) in [5.74, 6) is 0. The molecule has 0 fully saturated rings. The molecule has 1 aliphatic carbocycles. The number of rotatable bonds is 2. The van der Waals surface area contributed by atoms with Crippen molar-refractivity contribution in [3.63, 3.8) is 0 Å². The average molecular weight is 372 g/mol. The third kappa shape index (κ3) is 2.68. The lowest BCUT2D eigenvalue weighted by atomic mass is 9.70. The zero-order valence-corrected chi connectivity index (χ0v) is 18.4. The number of allylic oxidation sites excluding steroid dienone is 4. The van der Waals surface area contributed by atoms with Crippen LogP contribution in [0.25, 0.3) is 11.1 Å². The van der Waals surface area contributed by atoms with Gasteiger partial charge in [-0.3, -0.25) is 0 Å². The van der Waals surface area contributed by atoms with Crippen LogP contribution in [0, 0.1) is 0 Å². The molecule has 0 saturated heterocycles. The van der Waals surface area contributed by atoms with Gasteiger partial charge in [0.1, 0.15) is 0 Å². The molecule has 0 radical (unpaired) electrons. The topological polar surface area (TPSA) is 12.0 Å². The Bertz CT molecular complexity index is 983. The maximum absolute atomic E-state index is 4.03. The van der Waals surface area contributed by atoms with Crippen molar-refractivity contribution in [1.82, 2.24) is 0 Å². The molecular formula is C27H33N. The van der Waals surface area contributed by atoms with Crippen LogP contribution in [-0.4, -0.2) is 0 Å². The first-order valence-corrected chi connectivity index (χ1v) is 10.4. The fourth-order valence-electron chi connectivity index (χ4n) is 4.86. The van der Waals surface area contributed by atoms with Gasteiger partial charge in [0.15, 0.2) is 0 Å². The number of anilines is 1. The van der Waals surface area contributed by atoms with E-state index in [1.54, 1.807) is 0 Å². The lowest BCUT2D eigenvalue weighted by molar-refractivity contribution is 0.624. The molecule has 1 heterocycles. The summed E-state index contributed by atoms with van der Waals surface area (Å²) in [6.45, 7) is 19.5. The first-order valence-electron chi connectivity index (χ1n) is 10.4. The van der Waals surface area contributed by atoms with Gasteiger partial charge in [-0.2, -0.15) is 0 Å². The first-order chi connectivity index (χ1) is 13.3. The number of benzene rings is 2. The molecule has 1 aliphatic heterocycles. The Morgan fingerprint density at radius 2 is 1.57 bits per heavy atom. The molecule has 2 aromatic rings. The Kier molecular flexibility index (Phi) is 5.14. The highest BCUT2D eigenvalue weighted by Crippen LogP contribution is 2.56. The second-order valence-corrected chi connectivity index (χ2v) is 8.36. The monoisotopic (exact) mass is 371 g/mol. The summed E-state index contributed by atoms with van der Waals surface area (Å²) < 4.78 is 0. The van der Waals surface area contributed by atoms with Gasteiger partial charge in [0.25, 0.3) is 0 Å². The van der Waals surface area contributed by atoms with Gasteiger partial charge >= 0.3 is 0 Å². The minimum absolute atomic E-state index is 0.0280. The van der Waals surface area contributed by atoms with Crippen LogP contribution in [0.3, 0.4) is 0 Å². The normalized spacial score (nSPS) is 17.8. The lowest BCUT2D eigenvalue weighted by Crippen LogP contribution is -2.29. The van der Waals surface area contributed by atoms with E-state index in [0.29, 0.717) is 0 Å². The Hall–Kier alpha value is -2.54. The van der Waals surface area contributed by atoms with Crippen molar-refractivity contribution in [3.8, 4) is 11.1 Å². The second kappa shape index (κ2) is 7.13. The van der Waals surface area contributed by atoms with Crippen molar-refractivity contribution in [3.05, 3.63) is 89.2 Å². The second-order valence-electron chi connectivity index (χ2n) is 8.36. The van der Waals surface area contributed by atoms with E-state index in [1.165, 1.54) is 39.1 Å². The Labute approximate surface area is 170 Å². The number of fused-ring (bicyclic) bond motifs is 5. The summed E-state index contributed by atoms with van der Waals surface area (Å²) in [7, 11) is 0. The lowest BCUT2D eigenvalue weighted by Gasteiger charge is -2.38. The van der Waals surface area contributed by atoms with Crippen molar-refractivity contribution in [2.45, 2.75) is 59.3 Å². The van der Waals surface area contributed by atoms with Crippen LogP contribution in [0.2, 0.25) is 0 Å². The third-order valence-corrected chi connectivity index (χ3v) is 6.14. The minimum atomic E-state index is -0.102. The van der Waals surface area contributed by atoms with Crippen molar-refractivity contribution in [2.75, 3.05) is 5.32 Å². The molecule has 0 saturated carbocycles. The van der Waals surface area contributed by atoms with Crippen molar-refractivity contribution in [1.29, 1.82) is 0 Å². The van der Waals surface area contributed by atoms with E-state index in [4.69, 9.17) is 0 Å². The maximum atomic E-state index is 4.03. The van der Waals surface area contributed by atoms with Gasteiger partial charge in [0.2, 0.25) is 0 Å². The van der Waals surface area contributed by atoms with Gasteiger partial charge in [0.05, 0.1) is 0 Å². The largest absolute Gasteiger partial charge is 0.355 e. The first kappa shape index (κ1) is 20.2. The van der Waals surface area contributed by atoms with Crippen LogP contribution in [0.15, 0.2) is 72.5 Å². The van der Waals surface area contributed by atoms with Crippen LogP contribution in [0.4, 0.5) is 5.69 Å². The summed E-state index contributed by atoms with van der Waals surface area (Å²) in [5, 5.41) is 3.64. The highest BCUT2D eigenvalue weighted by molar-refractivity contribution is 5.89. The van der Waals surface area contributed by atoms with E-state index >= 15 is 0 Å². The van der Waals surface area contributed by atoms with Crippen molar-refractivity contribution < 1.29 is 0 Å². The van der Waals surface area contributed by atoms with Crippen LogP contribution < -0.4 is 5.32 Å². The molecular weight excluding hydrogens is 338 g/mol. The van der Waals surface area contributed by atoms with Crippen LogP contribution in [-0.2, 0) is 10.8 Å². The summed E-state index contributed by atoms with van der Waals surface area (Å²) in [5.41, 5.74) is 10.5. The van der Waals surface area contributed by atoms with Gasteiger partial charge in [0, 0.05) is 22.2 Å². The molecule has 0 atom stereocenters. The average Bonchev–Trinajstić information content (AvgIpc) is 2.93. The molecule has 1 heteroatoms. The van der Waals surface area contributed by atoms with Crippen molar-refractivity contribution >= 4 is 5.69 Å². The van der Waals surface area contributed by atoms with Gasteiger partial charge in [-0.05, 0) is 52.5 Å². The van der Waals surface area contributed by atoms with Crippen LogP contribution >= 0.6 is 0 Å². The zero-order valence-electron chi connectivity index (χ0n) is 18.4. The van der Waals surface area contributed by atoms with Gasteiger partial charge < -0.3 is 5.32 Å². The molecule has 0 bridgehead atoms. The fourth-order valence-corrected chi connectivity index (χ4v) is 4.86. The zero-order chi connectivity index (χ0) is 20.7. The molecule has 2 aliphatic rings. The highest BCUT2D eigenvalue weighted by Gasteiger charge is 2.42. The SMILES string of the molecule is C=CC1=C(/C=C\C)C(C)(C)c2c(ccc3c2-c2ccccc2C3(C)C)N1.CC. The van der Waals surface area contributed by atoms with Gasteiger partial charge in [-0.15, -0.1) is 0 Å². The molecule has 146 valence electrons. The minimum Gasteiger partial charge on any atom is -0.355 e. The van der Waals surface area contributed by atoms with Crippen LogP contribution in [0.5, 0.6) is 0 Å². The molecule has 0 aromatic heterocycles. The Morgan fingerprint density at radius 1 is 0.893 bits per heavy atom. The van der Waals surface area contributed by atoms with E-state index in [1.807, 2.05) is 19.9 Å². The van der Waals surface area contributed by atoms with Gasteiger partial charge in [-0.25, -0.2) is 0 Å². The van der Waals surface area contributed by atoms with Gasteiger partial charge in [-0.1, -0.05) is 90.6 Å². The molecule has 28 heavy (non-hydrogen) atoms. The third-order valence-electron chi connectivity index (χ3n) is 6.14. The summed E-state index contributed by atoms with van der Waals surface area (Å²) >= 11 is 0. The van der Waals surface area contributed by atoms with E-state index in [0.717, 1.165) is 5.70 Å². The smallest absolute Gasteiger partial charge is 0.0432 e. The number of hydrogen-bond donors (Lipinski definition) is 1. The molecule has 2 aromatic carbocycles. The summed E-state index contributed by atoms with van der Waals surface area (Å²) in [6, 6.07) is 13.4. The maximum Gasteiger partial charge on any atom is 0.0432 e. The summed E-state index contributed by atoms with van der Waals surface area (Å²) in [4.78, 5) is 0.